The van der Waals surface area contributed by atoms with Crippen molar-refractivity contribution in [3.63, 3.8) is 0 Å². The Morgan fingerprint density at radius 1 is 1.53 bits per heavy atom. The van der Waals surface area contributed by atoms with E-state index in [0.29, 0.717) is 12.2 Å². The molecule has 1 aliphatic rings. The minimum Gasteiger partial charge on any atom is -0.358 e. The molecule has 3 nitrogen and oxygen atoms in total. The maximum absolute atomic E-state index is 13.1. The number of carbonyl (C=O) groups is 1. The van der Waals surface area contributed by atoms with Gasteiger partial charge in [-0.1, -0.05) is 0 Å². The van der Waals surface area contributed by atoms with Gasteiger partial charge in [0.2, 0.25) is 5.91 Å². The van der Waals surface area contributed by atoms with Crippen LogP contribution in [0.2, 0.25) is 0 Å². The number of anilines is 2. The van der Waals surface area contributed by atoms with Crippen molar-refractivity contribution in [1.29, 1.82) is 0 Å². The number of hydrogen-bond acceptors (Lipinski definition) is 2. The van der Waals surface area contributed by atoms with E-state index in [1.165, 1.54) is 12.1 Å². The van der Waals surface area contributed by atoms with Gasteiger partial charge in [0.1, 0.15) is 11.9 Å². The lowest BCUT2D eigenvalue weighted by molar-refractivity contribution is -0.117. The Hall–Kier alpha value is -1.58. The molecule has 1 aromatic carbocycles. The second-order valence-corrected chi connectivity index (χ2v) is 3.61. The van der Waals surface area contributed by atoms with Crippen LogP contribution in [0.15, 0.2) is 18.2 Å². The van der Waals surface area contributed by atoms with Crippen LogP contribution in [0.1, 0.15) is 13.8 Å². The molecule has 1 aromatic rings. The standard InChI is InChI=1S/C11H13FN2O/c1-3-14-7(2)11(15)13-9-5-4-8(12)6-10(9)14/h4-7H,3H2,1-2H3,(H,13,15). The van der Waals surface area contributed by atoms with Crippen LogP contribution in [0.4, 0.5) is 15.8 Å². The van der Waals surface area contributed by atoms with Crippen LogP contribution < -0.4 is 10.2 Å². The minimum absolute atomic E-state index is 0.0454. The summed E-state index contributed by atoms with van der Waals surface area (Å²) in [6, 6.07) is 4.15. The molecule has 0 aliphatic carbocycles. The molecule has 0 spiro atoms. The maximum atomic E-state index is 13.1. The highest BCUT2D eigenvalue weighted by atomic mass is 19.1. The fourth-order valence-corrected chi connectivity index (χ4v) is 1.88. The first-order valence-electron chi connectivity index (χ1n) is 5.00. The minimum atomic E-state index is -0.282. The predicted octanol–water partition coefficient (Wildman–Crippen LogP) is 1.99. The van der Waals surface area contributed by atoms with Gasteiger partial charge in [-0.25, -0.2) is 4.39 Å². The number of benzene rings is 1. The monoisotopic (exact) mass is 208 g/mol. The van der Waals surface area contributed by atoms with E-state index >= 15 is 0 Å². The Kier molecular flexibility index (Phi) is 2.34. The van der Waals surface area contributed by atoms with Crippen LogP contribution in [0, 0.1) is 5.82 Å². The molecule has 1 amide bonds. The zero-order valence-corrected chi connectivity index (χ0v) is 8.75. The second-order valence-electron chi connectivity index (χ2n) is 3.61. The average Bonchev–Trinajstić information content (AvgIpc) is 2.21. The van der Waals surface area contributed by atoms with Gasteiger partial charge in [-0.05, 0) is 32.0 Å². The normalized spacial score (nSPS) is 19.8. The summed E-state index contributed by atoms with van der Waals surface area (Å²) in [6.07, 6.45) is 0. The lowest BCUT2D eigenvalue weighted by Gasteiger charge is -2.35. The Balaban J connectivity index is 2.50. The zero-order chi connectivity index (χ0) is 11.0. The van der Waals surface area contributed by atoms with Gasteiger partial charge in [-0.15, -0.1) is 0 Å². The van der Waals surface area contributed by atoms with Crippen molar-refractivity contribution >= 4 is 17.3 Å². The number of hydrogen-bond donors (Lipinski definition) is 1. The van der Waals surface area contributed by atoms with Crippen LogP contribution in [-0.2, 0) is 4.79 Å². The molecule has 80 valence electrons. The molecule has 2 rings (SSSR count). The summed E-state index contributed by atoms with van der Waals surface area (Å²) in [6.45, 7) is 4.45. The molecule has 4 heteroatoms. The van der Waals surface area contributed by atoms with E-state index in [0.717, 1.165) is 5.69 Å². The van der Waals surface area contributed by atoms with E-state index in [1.54, 1.807) is 6.07 Å². The first kappa shape index (κ1) is 9.96. The van der Waals surface area contributed by atoms with Gasteiger partial charge in [0, 0.05) is 6.54 Å². The molecule has 0 saturated carbocycles. The van der Waals surface area contributed by atoms with Gasteiger partial charge in [-0.3, -0.25) is 4.79 Å². The zero-order valence-electron chi connectivity index (χ0n) is 8.75. The highest BCUT2D eigenvalue weighted by molar-refractivity contribution is 6.03. The summed E-state index contributed by atoms with van der Waals surface area (Å²) in [4.78, 5) is 13.5. The number of nitrogens with one attached hydrogen (secondary N) is 1. The lowest BCUT2D eigenvalue weighted by Crippen LogP contribution is -2.46. The van der Waals surface area contributed by atoms with E-state index in [4.69, 9.17) is 0 Å². The number of halogens is 1. The largest absolute Gasteiger partial charge is 0.358 e. The van der Waals surface area contributed by atoms with Crippen molar-refractivity contribution in [3.05, 3.63) is 24.0 Å². The Morgan fingerprint density at radius 3 is 2.93 bits per heavy atom. The Labute approximate surface area is 87.9 Å². The third-order valence-electron chi connectivity index (χ3n) is 2.71. The van der Waals surface area contributed by atoms with E-state index in [-0.39, 0.29) is 17.8 Å². The molecular weight excluding hydrogens is 195 g/mol. The van der Waals surface area contributed by atoms with E-state index < -0.39 is 0 Å². The Bertz CT molecular complexity index is 406. The molecule has 0 bridgehead atoms. The first-order chi connectivity index (χ1) is 7.13. The van der Waals surface area contributed by atoms with Gasteiger partial charge in [-0.2, -0.15) is 0 Å². The molecule has 15 heavy (non-hydrogen) atoms. The van der Waals surface area contributed by atoms with Gasteiger partial charge in [0.25, 0.3) is 0 Å². The van der Waals surface area contributed by atoms with Crippen molar-refractivity contribution < 1.29 is 9.18 Å². The van der Waals surface area contributed by atoms with Crippen molar-refractivity contribution in [3.8, 4) is 0 Å². The summed E-state index contributed by atoms with van der Waals surface area (Å²) in [7, 11) is 0. The number of amides is 1. The van der Waals surface area contributed by atoms with Gasteiger partial charge in [0.15, 0.2) is 0 Å². The third-order valence-corrected chi connectivity index (χ3v) is 2.71. The van der Waals surface area contributed by atoms with Crippen LogP contribution in [-0.4, -0.2) is 18.5 Å². The molecule has 1 heterocycles. The van der Waals surface area contributed by atoms with E-state index in [2.05, 4.69) is 5.32 Å². The van der Waals surface area contributed by atoms with Crippen molar-refractivity contribution in [2.24, 2.45) is 0 Å². The SMILES string of the molecule is CCN1c2cc(F)ccc2NC(=O)C1C. The van der Waals surface area contributed by atoms with Crippen molar-refractivity contribution in [2.75, 3.05) is 16.8 Å². The van der Waals surface area contributed by atoms with Crippen LogP contribution in [0.25, 0.3) is 0 Å². The molecule has 0 radical (unpaired) electrons. The van der Waals surface area contributed by atoms with Crippen molar-refractivity contribution in [2.45, 2.75) is 19.9 Å². The Morgan fingerprint density at radius 2 is 2.27 bits per heavy atom. The van der Waals surface area contributed by atoms with E-state index in [9.17, 15) is 9.18 Å². The fourth-order valence-electron chi connectivity index (χ4n) is 1.88. The summed E-state index contributed by atoms with van der Waals surface area (Å²) < 4.78 is 13.1. The van der Waals surface area contributed by atoms with E-state index in [1.807, 2.05) is 18.7 Å². The molecule has 0 saturated heterocycles. The number of rotatable bonds is 1. The molecule has 1 N–H and O–H groups in total. The smallest absolute Gasteiger partial charge is 0.246 e. The van der Waals surface area contributed by atoms with Crippen molar-refractivity contribution in [1.82, 2.24) is 0 Å². The van der Waals surface area contributed by atoms with Crippen LogP contribution in [0.3, 0.4) is 0 Å². The summed E-state index contributed by atoms with van der Waals surface area (Å²) in [5, 5.41) is 2.75. The molecule has 1 atom stereocenters. The highest BCUT2D eigenvalue weighted by Gasteiger charge is 2.28. The molecular formula is C11H13FN2O. The highest BCUT2D eigenvalue weighted by Crippen LogP contribution is 2.32. The third kappa shape index (κ3) is 1.56. The fraction of sp³-hybridized carbons (Fsp3) is 0.364. The average molecular weight is 208 g/mol. The summed E-state index contributed by atoms with van der Waals surface area (Å²) in [5.74, 6) is -0.327. The quantitative estimate of drug-likeness (QED) is 0.765. The van der Waals surface area contributed by atoms with Gasteiger partial charge in [0.05, 0.1) is 11.4 Å². The number of likely N-dealkylation sites (N-methyl/N-ethyl adjacent to an activating group) is 1. The summed E-state index contributed by atoms with van der Waals surface area (Å²) >= 11 is 0. The molecule has 1 unspecified atom stereocenters. The molecule has 0 fully saturated rings. The van der Waals surface area contributed by atoms with Gasteiger partial charge < -0.3 is 10.2 Å². The molecule has 0 aromatic heterocycles. The van der Waals surface area contributed by atoms with Gasteiger partial charge >= 0.3 is 0 Å². The molecule has 1 aliphatic heterocycles. The second kappa shape index (κ2) is 3.53. The van der Waals surface area contributed by atoms with Crippen LogP contribution >= 0.6 is 0 Å². The predicted molar refractivity (Wildman–Crippen MR) is 57.5 cm³/mol. The summed E-state index contributed by atoms with van der Waals surface area (Å²) in [5.41, 5.74) is 1.44. The number of carbonyl (C=O) groups excluding carboxylic acids is 1. The van der Waals surface area contributed by atoms with Crippen LogP contribution in [0.5, 0.6) is 0 Å². The lowest BCUT2D eigenvalue weighted by atomic mass is 10.1. The number of fused-ring (bicyclic) bond motifs is 1. The first-order valence-corrected chi connectivity index (χ1v) is 5.00. The topological polar surface area (TPSA) is 32.3 Å². The number of nitrogens with zero attached hydrogens (tertiary/aromatic N) is 1. The maximum Gasteiger partial charge on any atom is 0.246 e.